The molecule has 0 spiro atoms. The molecule has 0 amide bonds. The third-order valence-electron chi connectivity index (χ3n) is 2.53. The van der Waals surface area contributed by atoms with E-state index in [0.29, 0.717) is 12.3 Å². The zero-order valence-electron chi connectivity index (χ0n) is 9.93. The third-order valence-corrected chi connectivity index (χ3v) is 2.53. The highest BCUT2D eigenvalue weighted by atomic mass is 16.5. The molecule has 0 saturated heterocycles. The summed E-state index contributed by atoms with van der Waals surface area (Å²) < 4.78 is 4.93. The van der Waals surface area contributed by atoms with Crippen LogP contribution in [-0.4, -0.2) is 22.5 Å². The fraction of sp³-hybridized carbons (Fsp3) is 0.308. The van der Waals surface area contributed by atoms with Crippen molar-refractivity contribution in [3.63, 3.8) is 0 Å². The topological polar surface area (TPSA) is 52.1 Å². The van der Waals surface area contributed by atoms with Gasteiger partial charge in [0.05, 0.1) is 13.0 Å². The monoisotopic (exact) mass is 230 g/mol. The molecule has 0 aliphatic heterocycles. The van der Waals surface area contributed by atoms with Gasteiger partial charge in [-0.2, -0.15) is 0 Å². The Bertz CT molecular complexity index is 552. The molecule has 2 heterocycles. The van der Waals surface area contributed by atoms with Crippen LogP contribution in [-0.2, 0) is 16.0 Å². The highest BCUT2D eigenvalue weighted by Gasteiger charge is 2.09. The number of fused-ring (bicyclic) bond motifs is 1. The molecular weight excluding hydrogens is 216 g/mol. The predicted molar refractivity (Wildman–Crippen MR) is 64.6 cm³/mol. The van der Waals surface area contributed by atoms with Crippen LogP contribution in [0.1, 0.15) is 18.2 Å². The van der Waals surface area contributed by atoms with Crippen LogP contribution in [0.25, 0.3) is 11.0 Å². The smallest absolute Gasteiger partial charge is 0.310 e. The predicted octanol–water partition coefficient (Wildman–Crippen LogP) is 2.04. The minimum atomic E-state index is -0.222. The maximum Gasteiger partial charge on any atom is 0.310 e. The Morgan fingerprint density at radius 3 is 3.06 bits per heavy atom. The summed E-state index contributed by atoms with van der Waals surface area (Å²) in [6.45, 7) is 4.08. The van der Waals surface area contributed by atoms with E-state index in [0.717, 1.165) is 16.6 Å². The summed E-state index contributed by atoms with van der Waals surface area (Å²) in [5.74, 6) is -0.222. The molecule has 4 nitrogen and oxygen atoms in total. The van der Waals surface area contributed by atoms with Gasteiger partial charge in [-0.25, -0.2) is 9.97 Å². The number of nitrogens with zero attached hydrogens (tertiary/aromatic N) is 2. The number of carbonyl (C=O) groups excluding carboxylic acids is 1. The summed E-state index contributed by atoms with van der Waals surface area (Å²) in [5, 5.41) is 0.942. The minimum absolute atomic E-state index is 0.222. The number of hydrogen-bond acceptors (Lipinski definition) is 4. The van der Waals surface area contributed by atoms with Gasteiger partial charge in [-0.1, -0.05) is 0 Å². The van der Waals surface area contributed by atoms with E-state index in [1.54, 1.807) is 13.1 Å². The quantitative estimate of drug-likeness (QED) is 0.757. The number of ether oxygens (including phenoxy) is 1. The van der Waals surface area contributed by atoms with Gasteiger partial charge in [0, 0.05) is 17.3 Å². The molecule has 4 heteroatoms. The molecule has 0 unspecified atom stereocenters. The van der Waals surface area contributed by atoms with Crippen molar-refractivity contribution in [1.29, 1.82) is 0 Å². The van der Waals surface area contributed by atoms with Crippen molar-refractivity contribution >= 4 is 17.0 Å². The summed E-state index contributed by atoms with van der Waals surface area (Å²) in [5.41, 5.74) is 2.42. The molecule has 2 rings (SSSR count). The third kappa shape index (κ3) is 2.58. The first-order valence-corrected chi connectivity index (χ1v) is 5.57. The number of rotatable bonds is 3. The number of aryl methyl sites for hydroxylation is 1. The maximum absolute atomic E-state index is 11.4. The Morgan fingerprint density at radius 2 is 2.29 bits per heavy atom. The van der Waals surface area contributed by atoms with Crippen molar-refractivity contribution in [2.45, 2.75) is 20.3 Å². The largest absolute Gasteiger partial charge is 0.466 e. The zero-order valence-corrected chi connectivity index (χ0v) is 9.93. The average Bonchev–Trinajstić information content (AvgIpc) is 2.30. The average molecular weight is 230 g/mol. The number of carbonyl (C=O) groups is 1. The van der Waals surface area contributed by atoms with Crippen molar-refractivity contribution in [2.24, 2.45) is 0 Å². The molecule has 0 aromatic carbocycles. The first kappa shape index (κ1) is 11.5. The molecule has 0 bridgehead atoms. The summed E-state index contributed by atoms with van der Waals surface area (Å²) in [4.78, 5) is 20.0. The fourth-order valence-electron chi connectivity index (χ4n) is 1.68. The minimum Gasteiger partial charge on any atom is -0.466 e. The van der Waals surface area contributed by atoms with Crippen molar-refractivity contribution in [1.82, 2.24) is 9.97 Å². The fourth-order valence-corrected chi connectivity index (χ4v) is 1.68. The molecule has 0 aliphatic carbocycles. The van der Waals surface area contributed by atoms with Crippen LogP contribution in [0.15, 0.2) is 24.4 Å². The number of hydrogen-bond donors (Lipinski definition) is 0. The molecule has 17 heavy (non-hydrogen) atoms. The first-order valence-electron chi connectivity index (χ1n) is 5.57. The highest BCUT2D eigenvalue weighted by molar-refractivity contribution is 5.78. The van der Waals surface area contributed by atoms with Crippen molar-refractivity contribution < 1.29 is 9.53 Å². The van der Waals surface area contributed by atoms with Gasteiger partial charge in [-0.05, 0) is 37.6 Å². The lowest BCUT2D eigenvalue weighted by atomic mass is 10.1. The SMILES string of the molecule is CCOC(=O)Cc1cc2cccnc2nc1C. The van der Waals surface area contributed by atoms with Gasteiger partial charge in [0.15, 0.2) is 5.65 Å². The first-order chi connectivity index (χ1) is 8.20. The molecule has 0 saturated carbocycles. The molecule has 0 N–H and O–H groups in total. The number of pyridine rings is 2. The Morgan fingerprint density at radius 1 is 1.47 bits per heavy atom. The molecule has 0 aliphatic rings. The molecule has 0 fully saturated rings. The van der Waals surface area contributed by atoms with Crippen molar-refractivity contribution in [3.8, 4) is 0 Å². The van der Waals surface area contributed by atoms with Gasteiger partial charge in [0.2, 0.25) is 0 Å². The van der Waals surface area contributed by atoms with E-state index >= 15 is 0 Å². The molecular formula is C13H14N2O2. The van der Waals surface area contributed by atoms with Gasteiger partial charge >= 0.3 is 5.97 Å². The second kappa shape index (κ2) is 4.91. The van der Waals surface area contributed by atoms with E-state index < -0.39 is 0 Å². The Balaban J connectivity index is 2.34. The molecule has 2 aromatic heterocycles. The molecule has 2 aromatic rings. The van der Waals surface area contributed by atoms with Crippen LogP contribution in [0.4, 0.5) is 0 Å². The summed E-state index contributed by atoms with van der Waals surface area (Å²) >= 11 is 0. The van der Waals surface area contributed by atoms with E-state index in [-0.39, 0.29) is 12.4 Å². The Hall–Kier alpha value is -1.97. The summed E-state index contributed by atoms with van der Waals surface area (Å²) in [6, 6.07) is 5.73. The lowest BCUT2D eigenvalue weighted by Crippen LogP contribution is -2.09. The summed E-state index contributed by atoms with van der Waals surface area (Å²) in [6.07, 6.45) is 1.97. The second-order valence-corrected chi connectivity index (χ2v) is 3.76. The Labute approximate surface area is 99.7 Å². The lowest BCUT2D eigenvalue weighted by molar-refractivity contribution is -0.142. The van der Waals surface area contributed by atoms with E-state index in [2.05, 4.69) is 9.97 Å². The molecule has 88 valence electrons. The van der Waals surface area contributed by atoms with Gasteiger partial charge in [0.1, 0.15) is 0 Å². The number of esters is 1. The zero-order chi connectivity index (χ0) is 12.3. The lowest BCUT2D eigenvalue weighted by Gasteiger charge is -2.06. The van der Waals surface area contributed by atoms with Crippen LogP contribution in [0.3, 0.4) is 0 Å². The van der Waals surface area contributed by atoms with Crippen LogP contribution in [0.2, 0.25) is 0 Å². The van der Waals surface area contributed by atoms with E-state index in [9.17, 15) is 4.79 Å². The van der Waals surface area contributed by atoms with Gasteiger partial charge < -0.3 is 4.74 Å². The van der Waals surface area contributed by atoms with E-state index in [1.807, 2.05) is 25.1 Å². The van der Waals surface area contributed by atoms with Gasteiger partial charge in [0.25, 0.3) is 0 Å². The van der Waals surface area contributed by atoms with Crippen molar-refractivity contribution in [2.75, 3.05) is 6.61 Å². The van der Waals surface area contributed by atoms with Gasteiger partial charge in [-0.15, -0.1) is 0 Å². The van der Waals surface area contributed by atoms with E-state index in [4.69, 9.17) is 4.74 Å². The molecule has 0 atom stereocenters. The van der Waals surface area contributed by atoms with E-state index in [1.165, 1.54) is 0 Å². The highest BCUT2D eigenvalue weighted by Crippen LogP contribution is 2.15. The van der Waals surface area contributed by atoms with Crippen LogP contribution >= 0.6 is 0 Å². The maximum atomic E-state index is 11.4. The second-order valence-electron chi connectivity index (χ2n) is 3.76. The van der Waals surface area contributed by atoms with Gasteiger partial charge in [-0.3, -0.25) is 4.79 Å². The number of aromatic nitrogens is 2. The standard InChI is InChI=1S/C13H14N2O2/c1-3-17-12(16)8-11-7-10-5-4-6-14-13(10)15-9(11)2/h4-7H,3,8H2,1-2H3. The van der Waals surface area contributed by atoms with Crippen LogP contribution < -0.4 is 0 Å². The van der Waals surface area contributed by atoms with Crippen LogP contribution in [0.5, 0.6) is 0 Å². The Kier molecular flexibility index (Phi) is 3.32. The summed E-state index contributed by atoms with van der Waals surface area (Å²) in [7, 11) is 0. The normalized spacial score (nSPS) is 10.5. The van der Waals surface area contributed by atoms with Crippen molar-refractivity contribution in [3.05, 3.63) is 35.7 Å². The van der Waals surface area contributed by atoms with Crippen LogP contribution in [0, 0.1) is 6.92 Å². The molecule has 0 radical (unpaired) electrons.